The first-order valence-electron chi connectivity index (χ1n) is 7.94. The fraction of sp³-hybridized carbons (Fsp3) is 0.562. The second kappa shape index (κ2) is 7.90. The van der Waals surface area contributed by atoms with Gasteiger partial charge in [0.2, 0.25) is 15.9 Å². The van der Waals surface area contributed by atoms with Crippen LogP contribution in [0.4, 0.5) is 5.69 Å². The Morgan fingerprint density at radius 2 is 1.91 bits per heavy atom. The highest BCUT2D eigenvalue weighted by molar-refractivity contribution is 7.89. The van der Waals surface area contributed by atoms with Crippen LogP contribution in [0, 0.1) is 5.92 Å². The maximum absolute atomic E-state index is 12.0. The van der Waals surface area contributed by atoms with E-state index < -0.39 is 10.0 Å². The molecule has 0 saturated heterocycles. The Kier molecular flexibility index (Phi) is 6.15. The smallest absolute Gasteiger partial charge is 0.250 e. The first-order chi connectivity index (χ1) is 10.9. The fourth-order valence-corrected chi connectivity index (χ4v) is 3.48. The number of anilines is 1. The van der Waals surface area contributed by atoms with Crippen LogP contribution in [0.2, 0.25) is 0 Å². The Morgan fingerprint density at radius 3 is 2.52 bits per heavy atom. The summed E-state index contributed by atoms with van der Waals surface area (Å²) in [5.74, 6) is 0.291. The maximum atomic E-state index is 12.0. The lowest BCUT2D eigenvalue weighted by Crippen LogP contribution is -2.31. The summed E-state index contributed by atoms with van der Waals surface area (Å²) < 4.78 is 28.1. The van der Waals surface area contributed by atoms with Gasteiger partial charge in [0.05, 0.1) is 11.0 Å². The van der Waals surface area contributed by atoms with Crippen LogP contribution in [0.3, 0.4) is 0 Å². The molecule has 0 unspecified atom stereocenters. The molecule has 0 heterocycles. The molecule has 1 aromatic rings. The maximum Gasteiger partial charge on any atom is 0.250 e. The molecule has 6 nitrogen and oxygen atoms in total. The van der Waals surface area contributed by atoms with Crippen LogP contribution in [0.25, 0.3) is 0 Å². The molecule has 0 radical (unpaired) electrons. The number of amides is 1. The molecule has 7 heteroatoms. The molecule has 1 aromatic carbocycles. The van der Waals surface area contributed by atoms with Gasteiger partial charge in [-0.3, -0.25) is 4.79 Å². The highest BCUT2D eigenvalue weighted by Crippen LogP contribution is 2.29. The molecule has 128 valence electrons. The summed E-state index contributed by atoms with van der Waals surface area (Å²) in [5, 5.41) is 7.72. The van der Waals surface area contributed by atoms with E-state index in [0.717, 1.165) is 25.7 Å². The van der Waals surface area contributed by atoms with Crippen molar-refractivity contribution in [3.05, 3.63) is 24.3 Å². The minimum atomic E-state index is -3.72. The molecule has 3 N–H and O–H groups in total. The van der Waals surface area contributed by atoms with Crippen molar-refractivity contribution in [2.24, 2.45) is 11.1 Å². The van der Waals surface area contributed by atoms with Crippen molar-refractivity contribution in [2.75, 3.05) is 11.9 Å². The lowest BCUT2D eigenvalue weighted by atomic mass is 9.85. The van der Waals surface area contributed by atoms with Crippen molar-refractivity contribution in [2.45, 2.75) is 50.0 Å². The van der Waals surface area contributed by atoms with Crippen LogP contribution in [-0.2, 0) is 19.6 Å². The van der Waals surface area contributed by atoms with Gasteiger partial charge in [-0.2, -0.15) is 0 Å². The molecule has 0 aromatic heterocycles. The van der Waals surface area contributed by atoms with E-state index in [9.17, 15) is 13.2 Å². The van der Waals surface area contributed by atoms with Crippen LogP contribution in [-0.4, -0.2) is 27.0 Å². The van der Waals surface area contributed by atoms with E-state index in [4.69, 9.17) is 9.88 Å². The lowest BCUT2D eigenvalue weighted by molar-refractivity contribution is -0.124. The van der Waals surface area contributed by atoms with Crippen LogP contribution in [0.1, 0.15) is 39.0 Å². The summed E-state index contributed by atoms with van der Waals surface area (Å²) in [6.07, 6.45) is 5.79. The van der Waals surface area contributed by atoms with Crippen molar-refractivity contribution in [3.63, 3.8) is 0 Å². The van der Waals surface area contributed by atoms with Gasteiger partial charge in [0.25, 0.3) is 0 Å². The molecule has 0 spiro atoms. The van der Waals surface area contributed by atoms with E-state index in [-0.39, 0.29) is 23.5 Å². The molecule has 2 rings (SSSR count). The molecule has 1 fully saturated rings. The van der Waals surface area contributed by atoms with E-state index in [1.807, 2.05) is 0 Å². The summed E-state index contributed by atoms with van der Waals surface area (Å²) >= 11 is 0. The third kappa shape index (κ3) is 5.30. The van der Waals surface area contributed by atoms with Gasteiger partial charge in [-0.25, -0.2) is 13.6 Å². The minimum Gasteiger partial charge on any atom is -0.368 e. The predicted octanol–water partition coefficient (Wildman–Crippen LogP) is 2.26. The Morgan fingerprint density at radius 1 is 1.26 bits per heavy atom. The van der Waals surface area contributed by atoms with E-state index in [0.29, 0.717) is 11.6 Å². The summed E-state index contributed by atoms with van der Waals surface area (Å²) in [6.45, 7) is 2.16. The number of ether oxygens (including phenoxy) is 1. The number of nitrogens with one attached hydrogen (secondary N) is 1. The van der Waals surface area contributed by atoms with Gasteiger partial charge in [-0.05, 0) is 43.0 Å². The largest absolute Gasteiger partial charge is 0.368 e. The third-order valence-electron chi connectivity index (χ3n) is 4.26. The fourth-order valence-electron chi connectivity index (χ4n) is 2.97. The van der Waals surface area contributed by atoms with Crippen molar-refractivity contribution in [1.82, 2.24) is 0 Å². The number of hydrogen-bond acceptors (Lipinski definition) is 4. The molecular formula is C16H24N2O4S. The topological polar surface area (TPSA) is 98.5 Å². The Bertz CT molecular complexity index is 628. The first kappa shape index (κ1) is 17.9. The van der Waals surface area contributed by atoms with Crippen molar-refractivity contribution >= 4 is 21.6 Å². The Balaban J connectivity index is 1.85. The summed E-state index contributed by atoms with van der Waals surface area (Å²) in [7, 11) is -3.72. The minimum absolute atomic E-state index is 0.0120. The van der Waals surface area contributed by atoms with E-state index in [2.05, 4.69) is 12.2 Å². The number of carbonyl (C=O) groups is 1. The van der Waals surface area contributed by atoms with Crippen molar-refractivity contribution in [3.8, 4) is 0 Å². The predicted molar refractivity (Wildman–Crippen MR) is 88.4 cm³/mol. The van der Waals surface area contributed by atoms with Gasteiger partial charge >= 0.3 is 0 Å². The number of benzene rings is 1. The summed E-state index contributed by atoms with van der Waals surface area (Å²) in [4.78, 5) is 12.0. The van der Waals surface area contributed by atoms with Gasteiger partial charge in [-0.1, -0.05) is 26.2 Å². The van der Waals surface area contributed by atoms with E-state index >= 15 is 0 Å². The molecule has 1 amide bonds. The highest BCUT2D eigenvalue weighted by Gasteiger charge is 2.24. The Labute approximate surface area is 137 Å². The van der Waals surface area contributed by atoms with Gasteiger partial charge < -0.3 is 10.1 Å². The molecule has 0 bridgehead atoms. The molecule has 23 heavy (non-hydrogen) atoms. The molecule has 2 atom stereocenters. The van der Waals surface area contributed by atoms with E-state index in [1.165, 1.54) is 30.7 Å². The molecule has 0 aliphatic heterocycles. The number of sulfonamides is 1. The monoisotopic (exact) mass is 340 g/mol. The van der Waals surface area contributed by atoms with Crippen molar-refractivity contribution in [1.29, 1.82) is 0 Å². The zero-order valence-electron chi connectivity index (χ0n) is 13.3. The average Bonchev–Trinajstić information content (AvgIpc) is 2.53. The van der Waals surface area contributed by atoms with Crippen LogP contribution >= 0.6 is 0 Å². The van der Waals surface area contributed by atoms with E-state index in [1.54, 1.807) is 0 Å². The Hall–Kier alpha value is -1.44. The molecular weight excluding hydrogens is 316 g/mol. The first-order valence-corrected chi connectivity index (χ1v) is 9.49. The van der Waals surface area contributed by atoms with Gasteiger partial charge in [0.1, 0.15) is 6.61 Å². The summed E-state index contributed by atoms with van der Waals surface area (Å²) in [5.41, 5.74) is 0.515. The van der Waals surface area contributed by atoms with Gasteiger partial charge in [0.15, 0.2) is 0 Å². The number of hydrogen-bond donors (Lipinski definition) is 2. The quantitative estimate of drug-likeness (QED) is 0.830. The van der Waals surface area contributed by atoms with Gasteiger partial charge in [-0.15, -0.1) is 0 Å². The number of primary sulfonamides is 1. The summed E-state index contributed by atoms with van der Waals surface area (Å²) in [6, 6.07) is 5.74. The second-order valence-corrected chi connectivity index (χ2v) is 7.48. The third-order valence-corrected chi connectivity index (χ3v) is 5.19. The van der Waals surface area contributed by atoms with Gasteiger partial charge in [0, 0.05) is 5.69 Å². The van der Waals surface area contributed by atoms with Crippen LogP contribution in [0.15, 0.2) is 29.2 Å². The van der Waals surface area contributed by atoms with Crippen LogP contribution in [0.5, 0.6) is 0 Å². The normalized spacial score (nSPS) is 21.8. The number of nitrogens with two attached hydrogens (primary N) is 1. The zero-order valence-corrected chi connectivity index (χ0v) is 14.1. The molecule has 1 aliphatic carbocycles. The average molecular weight is 340 g/mol. The van der Waals surface area contributed by atoms with Crippen molar-refractivity contribution < 1.29 is 17.9 Å². The molecule has 1 aliphatic rings. The molecule has 1 saturated carbocycles. The highest BCUT2D eigenvalue weighted by atomic mass is 32.2. The zero-order chi connectivity index (χ0) is 16.9. The number of carbonyl (C=O) groups excluding carboxylic acids is 1. The standard InChI is InChI=1S/C16H24N2O4S/c1-2-12-5-3-4-6-15(12)22-11-16(19)18-13-7-9-14(10-8-13)23(17,20)21/h7-10,12,15H,2-6,11H2,1H3,(H,18,19)(H2,17,20,21)/t12-,15-/m1/s1. The second-order valence-electron chi connectivity index (χ2n) is 5.92. The lowest BCUT2D eigenvalue weighted by Gasteiger charge is -2.30. The number of rotatable bonds is 6. The van der Waals surface area contributed by atoms with Crippen LogP contribution < -0.4 is 10.5 Å². The SMILES string of the molecule is CC[C@@H]1CCCC[C@H]1OCC(=O)Nc1ccc(S(N)(=O)=O)cc1.